The minimum Gasteiger partial charge on any atom is -0.359 e. The number of rotatable bonds is 3. The Morgan fingerprint density at radius 1 is 1.31 bits per heavy atom. The Bertz CT molecular complexity index is 493. The molecular formula is C12H15BrN2S. The number of hydrogen-bond acceptors (Lipinski definition) is 3. The Labute approximate surface area is 108 Å². The van der Waals surface area contributed by atoms with Gasteiger partial charge in [-0.1, -0.05) is 41.1 Å². The molecule has 1 atom stereocenters. The number of nitrogens with zero attached hydrogens (tertiary/aromatic N) is 1. The third kappa shape index (κ3) is 2.55. The van der Waals surface area contributed by atoms with Gasteiger partial charge in [0, 0.05) is 10.5 Å². The maximum absolute atomic E-state index is 4.57. The van der Waals surface area contributed by atoms with Gasteiger partial charge < -0.3 is 5.32 Å². The Hall–Kier alpha value is -0.610. The van der Waals surface area contributed by atoms with Gasteiger partial charge in [0.2, 0.25) is 0 Å². The van der Waals surface area contributed by atoms with Gasteiger partial charge in [-0.3, -0.25) is 0 Å². The molecule has 0 aliphatic rings. The highest BCUT2D eigenvalue weighted by Gasteiger charge is 2.10. The largest absolute Gasteiger partial charge is 0.359 e. The van der Waals surface area contributed by atoms with Crippen molar-refractivity contribution in [2.45, 2.75) is 26.8 Å². The van der Waals surface area contributed by atoms with E-state index in [1.807, 2.05) is 0 Å². The number of halogens is 1. The first-order valence-corrected chi connectivity index (χ1v) is 7.00. The molecule has 0 amide bonds. The van der Waals surface area contributed by atoms with Crippen LogP contribution in [0.15, 0.2) is 22.7 Å². The lowest BCUT2D eigenvalue weighted by molar-refractivity contribution is 0.560. The van der Waals surface area contributed by atoms with Crippen LogP contribution in [-0.2, 0) is 0 Å². The standard InChI is InChI=1S/C12H15BrN2S/c1-7(2)8(3)14-12-15-10-6-9(13)4-5-11(10)16-12/h4-8H,1-3H3,(H,14,15). The summed E-state index contributed by atoms with van der Waals surface area (Å²) in [5.41, 5.74) is 1.05. The van der Waals surface area contributed by atoms with Gasteiger partial charge in [0.25, 0.3) is 0 Å². The van der Waals surface area contributed by atoms with Gasteiger partial charge >= 0.3 is 0 Å². The van der Waals surface area contributed by atoms with Gasteiger partial charge in [0.15, 0.2) is 5.13 Å². The molecule has 1 aromatic heterocycles. The van der Waals surface area contributed by atoms with Gasteiger partial charge in [-0.2, -0.15) is 0 Å². The summed E-state index contributed by atoms with van der Waals surface area (Å²) in [7, 11) is 0. The van der Waals surface area contributed by atoms with Crippen LogP contribution in [0.2, 0.25) is 0 Å². The fourth-order valence-corrected chi connectivity index (χ4v) is 2.62. The molecule has 4 heteroatoms. The lowest BCUT2D eigenvalue weighted by Crippen LogP contribution is -2.21. The van der Waals surface area contributed by atoms with Crippen molar-refractivity contribution >= 4 is 42.6 Å². The molecule has 1 aromatic carbocycles. The normalized spacial score (nSPS) is 13.3. The van der Waals surface area contributed by atoms with Gasteiger partial charge in [-0.15, -0.1) is 0 Å². The summed E-state index contributed by atoms with van der Waals surface area (Å²) in [6.45, 7) is 6.61. The second kappa shape index (κ2) is 4.72. The van der Waals surface area contributed by atoms with Crippen LogP contribution in [0.3, 0.4) is 0 Å². The molecule has 2 rings (SSSR count). The summed E-state index contributed by atoms with van der Waals surface area (Å²) in [4.78, 5) is 4.57. The van der Waals surface area contributed by atoms with E-state index in [1.165, 1.54) is 4.70 Å². The van der Waals surface area contributed by atoms with E-state index >= 15 is 0 Å². The molecule has 1 heterocycles. The molecule has 0 saturated heterocycles. The second-order valence-corrected chi connectivity index (χ2v) is 6.25. The summed E-state index contributed by atoms with van der Waals surface area (Å²) in [5, 5.41) is 4.45. The molecule has 0 radical (unpaired) electrons. The minimum absolute atomic E-state index is 0.448. The Morgan fingerprint density at radius 2 is 2.06 bits per heavy atom. The molecule has 0 aliphatic carbocycles. The zero-order chi connectivity index (χ0) is 11.7. The predicted molar refractivity (Wildman–Crippen MR) is 75.2 cm³/mol. The average molecular weight is 299 g/mol. The molecule has 0 bridgehead atoms. The van der Waals surface area contributed by atoms with Gasteiger partial charge in [0.1, 0.15) is 0 Å². The zero-order valence-corrected chi connectivity index (χ0v) is 12.0. The maximum atomic E-state index is 4.57. The van der Waals surface area contributed by atoms with Crippen molar-refractivity contribution in [2.24, 2.45) is 5.92 Å². The number of benzene rings is 1. The number of hydrogen-bond donors (Lipinski definition) is 1. The third-order valence-electron chi connectivity index (χ3n) is 2.70. The molecule has 2 nitrogen and oxygen atoms in total. The van der Waals surface area contributed by atoms with Crippen LogP contribution in [0.25, 0.3) is 10.2 Å². The molecule has 0 aliphatic heterocycles. The highest BCUT2D eigenvalue weighted by Crippen LogP contribution is 2.28. The summed E-state index contributed by atoms with van der Waals surface area (Å²) in [5.74, 6) is 0.610. The third-order valence-corrected chi connectivity index (χ3v) is 4.16. The molecule has 86 valence electrons. The van der Waals surface area contributed by atoms with Gasteiger partial charge in [-0.05, 0) is 31.0 Å². The molecule has 1 unspecified atom stereocenters. The topological polar surface area (TPSA) is 24.9 Å². The van der Waals surface area contributed by atoms with Crippen molar-refractivity contribution < 1.29 is 0 Å². The van der Waals surface area contributed by atoms with E-state index < -0.39 is 0 Å². The number of thiazole rings is 1. The van der Waals surface area contributed by atoms with Crippen molar-refractivity contribution in [3.05, 3.63) is 22.7 Å². The van der Waals surface area contributed by atoms with Crippen LogP contribution >= 0.6 is 27.3 Å². The average Bonchev–Trinajstić information content (AvgIpc) is 2.58. The first kappa shape index (κ1) is 11.9. The minimum atomic E-state index is 0.448. The summed E-state index contributed by atoms with van der Waals surface area (Å²) >= 11 is 5.17. The van der Waals surface area contributed by atoms with Crippen LogP contribution in [0, 0.1) is 5.92 Å². The number of aromatic nitrogens is 1. The molecular weight excluding hydrogens is 284 g/mol. The molecule has 16 heavy (non-hydrogen) atoms. The highest BCUT2D eigenvalue weighted by molar-refractivity contribution is 9.10. The highest BCUT2D eigenvalue weighted by atomic mass is 79.9. The molecule has 0 fully saturated rings. The number of nitrogens with one attached hydrogen (secondary N) is 1. The van der Waals surface area contributed by atoms with E-state index in [-0.39, 0.29) is 0 Å². The smallest absolute Gasteiger partial charge is 0.184 e. The van der Waals surface area contributed by atoms with Gasteiger partial charge in [-0.25, -0.2) is 4.98 Å². The van der Waals surface area contributed by atoms with Crippen molar-refractivity contribution in [2.75, 3.05) is 5.32 Å². The summed E-state index contributed by atoms with van der Waals surface area (Å²) in [6.07, 6.45) is 0. The lowest BCUT2D eigenvalue weighted by atomic mass is 10.1. The number of anilines is 1. The van der Waals surface area contributed by atoms with Crippen LogP contribution in [0.4, 0.5) is 5.13 Å². The Morgan fingerprint density at radius 3 is 2.75 bits per heavy atom. The lowest BCUT2D eigenvalue weighted by Gasteiger charge is -2.16. The van der Waals surface area contributed by atoms with E-state index in [0.717, 1.165) is 15.1 Å². The van der Waals surface area contributed by atoms with Crippen LogP contribution in [0.1, 0.15) is 20.8 Å². The Kier molecular flexibility index (Phi) is 3.50. The SMILES string of the molecule is CC(C)C(C)Nc1nc2cc(Br)ccc2s1. The van der Waals surface area contributed by atoms with Gasteiger partial charge in [0.05, 0.1) is 10.2 Å². The van der Waals surface area contributed by atoms with Crippen molar-refractivity contribution in [3.8, 4) is 0 Å². The van der Waals surface area contributed by atoms with E-state index in [2.05, 4.69) is 65.2 Å². The van der Waals surface area contributed by atoms with Crippen molar-refractivity contribution in [3.63, 3.8) is 0 Å². The fourth-order valence-electron chi connectivity index (χ4n) is 1.32. The first-order chi connectivity index (χ1) is 7.56. The fraction of sp³-hybridized carbons (Fsp3) is 0.417. The van der Waals surface area contributed by atoms with Crippen LogP contribution in [0.5, 0.6) is 0 Å². The molecule has 1 N–H and O–H groups in total. The molecule has 0 saturated carbocycles. The predicted octanol–water partition coefficient (Wildman–Crippen LogP) is 4.52. The van der Waals surface area contributed by atoms with E-state index in [0.29, 0.717) is 12.0 Å². The van der Waals surface area contributed by atoms with Crippen molar-refractivity contribution in [1.29, 1.82) is 0 Å². The molecule has 2 aromatic rings. The van der Waals surface area contributed by atoms with Crippen LogP contribution < -0.4 is 5.32 Å². The van der Waals surface area contributed by atoms with E-state index in [1.54, 1.807) is 11.3 Å². The quantitative estimate of drug-likeness (QED) is 0.901. The Balaban J connectivity index is 2.26. The summed E-state index contributed by atoms with van der Waals surface area (Å²) in [6, 6.07) is 6.65. The van der Waals surface area contributed by atoms with E-state index in [9.17, 15) is 0 Å². The van der Waals surface area contributed by atoms with E-state index in [4.69, 9.17) is 0 Å². The zero-order valence-electron chi connectivity index (χ0n) is 9.62. The maximum Gasteiger partial charge on any atom is 0.184 e. The molecule has 0 spiro atoms. The monoisotopic (exact) mass is 298 g/mol. The van der Waals surface area contributed by atoms with Crippen molar-refractivity contribution in [1.82, 2.24) is 4.98 Å². The second-order valence-electron chi connectivity index (χ2n) is 4.31. The summed E-state index contributed by atoms with van der Waals surface area (Å²) < 4.78 is 2.30. The van der Waals surface area contributed by atoms with Crippen LogP contribution in [-0.4, -0.2) is 11.0 Å². The first-order valence-electron chi connectivity index (χ1n) is 5.39. The number of fused-ring (bicyclic) bond motifs is 1.